The van der Waals surface area contributed by atoms with Crippen molar-refractivity contribution in [2.24, 2.45) is 5.92 Å². The molecule has 2 amide bonds. The van der Waals surface area contributed by atoms with E-state index < -0.39 is 5.69 Å². The van der Waals surface area contributed by atoms with Gasteiger partial charge in [0.15, 0.2) is 0 Å². The minimum atomic E-state index is -0.532. The fraction of sp³-hybridized carbons (Fsp3) is 0.542. The number of carbonyl (C=O) groups excluding carboxylic acids is 2. The van der Waals surface area contributed by atoms with Crippen LogP contribution in [0.2, 0.25) is 0 Å². The lowest BCUT2D eigenvalue weighted by molar-refractivity contribution is -0.122. The van der Waals surface area contributed by atoms with E-state index in [1.165, 1.54) is 15.0 Å². The third-order valence-electron chi connectivity index (χ3n) is 6.19. The average molecular weight is 469 g/mol. The predicted molar refractivity (Wildman–Crippen MR) is 129 cm³/mol. The van der Waals surface area contributed by atoms with E-state index in [4.69, 9.17) is 0 Å². The van der Waals surface area contributed by atoms with Crippen molar-refractivity contribution >= 4 is 28.5 Å². The highest BCUT2D eigenvalue weighted by Crippen LogP contribution is 2.18. The largest absolute Gasteiger partial charge is 0.352 e. The summed E-state index contributed by atoms with van der Waals surface area (Å²) in [6, 6.07) is 4.55. The zero-order chi connectivity index (χ0) is 24.6. The molecule has 4 rings (SSSR count). The monoisotopic (exact) mass is 468 g/mol. The topological polar surface area (TPSA) is 120 Å². The molecule has 0 saturated heterocycles. The summed E-state index contributed by atoms with van der Waals surface area (Å²) in [6.45, 7) is 7.92. The van der Waals surface area contributed by atoms with E-state index in [1.807, 2.05) is 27.7 Å². The number of carbonyl (C=O) groups is 2. The van der Waals surface area contributed by atoms with Crippen LogP contribution in [0.15, 0.2) is 27.8 Å². The van der Waals surface area contributed by atoms with Gasteiger partial charge >= 0.3 is 5.69 Å². The number of hydrogen-bond donors (Lipinski definition) is 2. The SMILES string of the molecule is CC(C)CNC(=O)c1ccc2c(=O)n(C(C)C)c3nn(CC(=O)NC4CCCC4)c(=O)n3c2c1. The minimum Gasteiger partial charge on any atom is -0.352 e. The van der Waals surface area contributed by atoms with Gasteiger partial charge in [-0.05, 0) is 50.8 Å². The van der Waals surface area contributed by atoms with Gasteiger partial charge in [-0.25, -0.2) is 13.9 Å². The normalized spacial score (nSPS) is 14.5. The Kier molecular flexibility index (Phi) is 6.58. The van der Waals surface area contributed by atoms with E-state index in [-0.39, 0.29) is 47.7 Å². The number of amides is 2. The first-order valence-electron chi connectivity index (χ1n) is 11.9. The third-order valence-corrected chi connectivity index (χ3v) is 6.19. The van der Waals surface area contributed by atoms with E-state index in [0.717, 1.165) is 30.4 Å². The van der Waals surface area contributed by atoms with Crippen molar-refractivity contribution in [3.05, 3.63) is 44.6 Å². The first kappa shape index (κ1) is 23.7. The van der Waals surface area contributed by atoms with Gasteiger partial charge in [-0.1, -0.05) is 26.7 Å². The van der Waals surface area contributed by atoms with Gasteiger partial charge in [0, 0.05) is 24.2 Å². The number of aromatic nitrogens is 4. The smallest absolute Gasteiger partial charge is 0.352 e. The van der Waals surface area contributed by atoms with E-state index in [9.17, 15) is 19.2 Å². The molecule has 0 radical (unpaired) electrons. The van der Waals surface area contributed by atoms with Gasteiger partial charge in [-0.3, -0.25) is 19.0 Å². The number of rotatable bonds is 7. The van der Waals surface area contributed by atoms with Crippen molar-refractivity contribution in [2.75, 3.05) is 6.54 Å². The van der Waals surface area contributed by atoms with Crippen molar-refractivity contribution in [2.45, 2.75) is 72.0 Å². The van der Waals surface area contributed by atoms with Crippen LogP contribution in [0.1, 0.15) is 69.8 Å². The van der Waals surface area contributed by atoms with Gasteiger partial charge < -0.3 is 10.6 Å². The fourth-order valence-corrected chi connectivity index (χ4v) is 4.47. The fourth-order valence-electron chi connectivity index (χ4n) is 4.47. The van der Waals surface area contributed by atoms with Crippen LogP contribution in [0.25, 0.3) is 16.7 Å². The van der Waals surface area contributed by atoms with E-state index in [0.29, 0.717) is 23.0 Å². The molecule has 10 heteroatoms. The summed E-state index contributed by atoms with van der Waals surface area (Å²) < 4.78 is 3.84. The van der Waals surface area contributed by atoms with Crippen molar-refractivity contribution in [3.63, 3.8) is 0 Å². The third kappa shape index (κ3) is 4.49. The molecule has 0 spiro atoms. The molecule has 2 N–H and O–H groups in total. The van der Waals surface area contributed by atoms with Crippen molar-refractivity contribution < 1.29 is 9.59 Å². The Morgan fingerprint density at radius 3 is 2.47 bits per heavy atom. The highest BCUT2D eigenvalue weighted by atomic mass is 16.2. The molecule has 1 saturated carbocycles. The molecule has 1 aliphatic carbocycles. The molecule has 2 aromatic heterocycles. The van der Waals surface area contributed by atoms with Crippen LogP contribution in [-0.4, -0.2) is 43.1 Å². The second-order valence-corrected chi connectivity index (χ2v) is 9.73. The Bertz CT molecular complexity index is 1360. The summed E-state index contributed by atoms with van der Waals surface area (Å²) in [5, 5.41) is 10.5. The lowest BCUT2D eigenvalue weighted by Crippen LogP contribution is -2.37. The van der Waals surface area contributed by atoms with Crippen LogP contribution >= 0.6 is 0 Å². The van der Waals surface area contributed by atoms with Crippen LogP contribution < -0.4 is 21.9 Å². The van der Waals surface area contributed by atoms with Crippen molar-refractivity contribution in [1.29, 1.82) is 0 Å². The lowest BCUT2D eigenvalue weighted by atomic mass is 10.1. The number of benzene rings is 1. The molecule has 1 aliphatic rings. The van der Waals surface area contributed by atoms with Crippen molar-refractivity contribution in [3.8, 4) is 0 Å². The van der Waals surface area contributed by atoms with Crippen LogP contribution in [0.3, 0.4) is 0 Å². The molecule has 34 heavy (non-hydrogen) atoms. The number of nitrogens with zero attached hydrogens (tertiary/aromatic N) is 4. The number of nitrogens with one attached hydrogen (secondary N) is 2. The minimum absolute atomic E-state index is 0.127. The maximum atomic E-state index is 13.4. The van der Waals surface area contributed by atoms with Gasteiger partial charge in [-0.15, -0.1) is 5.10 Å². The summed E-state index contributed by atoms with van der Waals surface area (Å²) in [4.78, 5) is 51.8. The average Bonchev–Trinajstić information content (AvgIpc) is 3.39. The standard InChI is InChI=1S/C24H32N6O4/c1-14(2)12-25-21(32)16-9-10-18-19(11-16)30-23(29(15(3)4)22(18)33)27-28(24(30)34)13-20(31)26-17-7-5-6-8-17/h9-11,14-15,17H,5-8,12-13H2,1-4H3,(H,25,32)(H,26,31). The second kappa shape index (κ2) is 9.44. The highest BCUT2D eigenvalue weighted by Gasteiger charge is 2.22. The molecule has 1 fully saturated rings. The zero-order valence-electron chi connectivity index (χ0n) is 20.1. The molecule has 3 aromatic rings. The van der Waals surface area contributed by atoms with Gasteiger partial charge in [0.05, 0.1) is 10.9 Å². The van der Waals surface area contributed by atoms with Gasteiger partial charge in [0.25, 0.3) is 11.5 Å². The van der Waals surface area contributed by atoms with Gasteiger partial charge in [0.1, 0.15) is 6.54 Å². The van der Waals surface area contributed by atoms with Crippen molar-refractivity contribution in [1.82, 2.24) is 29.4 Å². The summed E-state index contributed by atoms with van der Waals surface area (Å²) in [7, 11) is 0. The van der Waals surface area contributed by atoms with Crippen LogP contribution in [-0.2, 0) is 11.3 Å². The Hall–Kier alpha value is -3.43. The maximum absolute atomic E-state index is 13.4. The van der Waals surface area contributed by atoms with Crippen LogP contribution in [0.4, 0.5) is 0 Å². The van der Waals surface area contributed by atoms with E-state index >= 15 is 0 Å². The quantitative estimate of drug-likeness (QED) is 0.548. The first-order valence-corrected chi connectivity index (χ1v) is 11.9. The molecule has 182 valence electrons. The van der Waals surface area contributed by atoms with Crippen LogP contribution in [0, 0.1) is 5.92 Å². The molecular formula is C24H32N6O4. The molecule has 10 nitrogen and oxygen atoms in total. The summed E-state index contributed by atoms with van der Waals surface area (Å²) in [5.41, 5.74) is -0.203. The van der Waals surface area contributed by atoms with E-state index in [2.05, 4.69) is 15.7 Å². The molecule has 0 aliphatic heterocycles. The van der Waals surface area contributed by atoms with Gasteiger partial charge in [-0.2, -0.15) is 0 Å². The molecule has 0 atom stereocenters. The first-order chi connectivity index (χ1) is 16.2. The molecule has 1 aromatic carbocycles. The second-order valence-electron chi connectivity index (χ2n) is 9.73. The van der Waals surface area contributed by atoms with Gasteiger partial charge in [0.2, 0.25) is 11.7 Å². The Morgan fingerprint density at radius 2 is 1.82 bits per heavy atom. The molecule has 0 unspecified atom stereocenters. The molecule has 0 bridgehead atoms. The molecule has 2 heterocycles. The van der Waals surface area contributed by atoms with Crippen LogP contribution in [0.5, 0.6) is 0 Å². The molecular weight excluding hydrogens is 436 g/mol. The summed E-state index contributed by atoms with van der Waals surface area (Å²) in [6.07, 6.45) is 4.04. The van der Waals surface area contributed by atoms with E-state index in [1.54, 1.807) is 12.1 Å². The lowest BCUT2D eigenvalue weighted by Gasteiger charge is -2.13. The summed E-state index contributed by atoms with van der Waals surface area (Å²) in [5.74, 6) is -0.140. The zero-order valence-corrected chi connectivity index (χ0v) is 20.1. The Balaban J connectivity index is 1.82. The summed E-state index contributed by atoms with van der Waals surface area (Å²) >= 11 is 0. The number of hydrogen-bond acceptors (Lipinski definition) is 5. The Morgan fingerprint density at radius 1 is 1.12 bits per heavy atom. The Labute approximate surface area is 196 Å². The number of fused-ring (bicyclic) bond motifs is 3. The predicted octanol–water partition coefficient (Wildman–Crippen LogP) is 1.84. The highest BCUT2D eigenvalue weighted by molar-refractivity contribution is 5.98. The maximum Gasteiger partial charge on any atom is 0.352 e.